The van der Waals surface area contributed by atoms with Crippen molar-refractivity contribution in [1.29, 1.82) is 0 Å². The molecule has 0 aliphatic carbocycles. The zero-order valence-electron chi connectivity index (χ0n) is 13.1. The fourth-order valence-electron chi connectivity index (χ4n) is 1.99. The molecule has 0 atom stereocenters. The van der Waals surface area contributed by atoms with Gasteiger partial charge in [-0.15, -0.1) is 11.3 Å². The summed E-state index contributed by atoms with van der Waals surface area (Å²) in [5.74, 6) is 0.667. The largest absolute Gasteiger partial charge is 0.362 e. The Bertz CT molecular complexity index is 774. The SMILES string of the molecule is CN(Cc1cccs1)C(=O)COCc1nc(-c2cccnc2)no1. The molecule has 3 aromatic heterocycles. The van der Waals surface area contributed by atoms with Crippen LogP contribution in [0.5, 0.6) is 0 Å². The van der Waals surface area contributed by atoms with E-state index in [1.807, 2.05) is 23.6 Å². The summed E-state index contributed by atoms with van der Waals surface area (Å²) in [7, 11) is 1.75. The molecule has 7 nitrogen and oxygen atoms in total. The van der Waals surface area contributed by atoms with Crippen molar-refractivity contribution in [3.63, 3.8) is 0 Å². The van der Waals surface area contributed by atoms with E-state index in [1.165, 1.54) is 0 Å². The second-order valence-corrected chi connectivity index (χ2v) is 6.11. The first-order valence-corrected chi connectivity index (χ1v) is 8.17. The molecule has 1 amide bonds. The maximum Gasteiger partial charge on any atom is 0.252 e. The van der Waals surface area contributed by atoms with E-state index in [9.17, 15) is 4.79 Å². The van der Waals surface area contributed by atoms with Crippen LogP contribution in [0.25, 0.3) is 11.4 Å². The normalized spacial score (nSPS) is 10.7. The van der Waals surface area contributed by atoms with Gasteiger partial charge >= 0.3 is 0 Å². The molecule has 0 saturated carbocycles. The third-order valence-electron chi connectivity index (χ3n) is 3.24. The highest BCUT2D eigenvalue weighted by Crippen LogP contribution is 2.14. The standard InChI is InChI=1S/C16H16N4O3S/c1-20(9-13-5-3-7-24-13)15(21)11-22-10-14-18-16(19-23-14)12-4-2-6-17-8-12/h2-8H,9-11H2,1H3. The van der Waals surface area contributed by atoms with E-state index < -0.39 is 0 Å². The lowest BCUT2D eigenvalue weighted by atomic mass is 10.3. The molecule has 0 N–H and O–H groups in total. The molecule has 0 bridgehead atoms. The number of aromatic nitrogens is 3. The molecule has 24 heavy (non-hydrogen) atoms. The first-order valence-electron chi connectivity index (χ1n) is 7.29. The van der Waals surface area contributed by atoms with Crippen molar-refractivity contribution in [1.82, 2.24) is 20.0 Å². The number of hydrogen-bond donors (Lipinski definition) is 0. The average Bonchev–Trinajstić information content (AvgIpc) is 3.27. The van der Waals surface area contributed by atoms with Crippen LogP contribution in [0.3, 0.4) is 0 Å². The van der Waals surface area contributed by atoms with E-state index in [0.717, 1.165) is 10.4 Å². The number of ether oxygens (including phenoxy) is 1. The van der Waals surface area contributed by atoms with Crippen molar-refractivity contribution in [2.75, 3.05) is 13.7 Å². The summed E-state index contributed by atoms with van der Waals surface area (Å²) in [6.07, 6.45) is 3.32. The number of carbonyl (C=O) groups excluding carboxylic acids is 1. The summed E-state index contributed by atoms with van der Waals surface area (Å²) in [6, 6.07) is 7.59. The predicted octanol–water partition coefficient (Wildman–Crippen LogP) is 2.37. The van der Waals surface area contributed by atoms with Crippen LogP contribution in [-0.2, 0) is 22.7 Å². The quantitative estimate of drug-likeness (QED) is 0.654. The summed E-state index contributed by atoms with van der Waals surface area (Å²) in [6.45, 7) is 0.629. The lowest BCUT2D eigenvalue weighted by Gasteiger charge is -2.15. The van der Waals surface area contributed by atoms with Crippen molar-refractivity contribution >= 4 is 17.2 Å². The number of thiophene rings is 1. The number of hydrogen-bond acceptors (Lipinski definition) is 7. The zero-order chi connectivity index (χ0) is 16.8. The van der Waals surface area contributed by atoms with Gasteiger partial charge in [0.05, 0.1) is 6.54 Å². The molecule has 3 aromatic rings. The zero-order valence-corrected chi connectivity index (χ0v) is 13.9. The molecule has 0 spiro atoms. The van der Waals surface area contributed by atoms with Gasteiger partial charge in [0.25, 0.3) is 5.89 Å². The van der Waals surface area contributed by atoms with Crippen molar-refractivity contribution in [2.24, 2.45) is 0 Å². The monoisotopic (exact) mass is 344 g/mol. The smallest absolute Gasteiger partial charge is 0.252 e. The van der Waals surface area contributed by atoms with Gasteiger partial charge in [-0.1, -0.05) is 11.2 Å². The van der Waals surface area contributed by atoms with Gasteiger partial charge in [0.2, 0.25) is 11.7 Å². The van der Waals surface area contributed by atoms with Gasteiger partial charge in [0, 0.05) is 29.9 Å². The van der Waals surface area contributed by atoms with Gasteiger partial charge in [-0.3, -0.25) is 9.78 Å². The van der Waals surface area contributed by atoms with E-state index in [2.05, 4.69) is 15.1 Å². The number of carbonyl (C=O) groups is 1. The van der Waals surface area contributed by atoms with Gasteiger partial charge in [0.1, 0.15) is 13.2 Å². The van der Waals surface area contributed by atoms with Gasteiger partial charge in [0.15, 0.2) is 0 Å². The van der Waals surface area contributed by atoms with E-state index >= 15 is 0 Å². The molecule has 3 heterocycles. The first kappa shape index (κ1) is 16.3. The second-order valence-electron chi connectivity index (χ2n) is 5.08. The van der Waals surface area contributed by atoms with Crippen LogP contribution in [0, 0.1) is 0 Å². The summed E-state index contributed by atoms with van der Waals surface area (Å²) >= 11 is 1.62. The van der Waals surface area contributed by atoms with Crippen LogP contribution in [0.15, 0.2) is 46.6 Å². The molecule has 0 aliphatic heterocycles. The Kier molecular flexibility index (Phi) is 5.29. The first-order chi connectivity index (χ1) is 11.7. The van der Waals surface area contributed by atoms with Gasteiger partial charge < -0.3 is 14.2 Å². The Labute approximate surface area is 142 Å². The van der Waals surface area contributed by atoms with E-state index in [-0.39, 0.29) is 19.1 Å². The average molecular weight is 344 g/mol. The highest BCUT2D eigenvalue weighted by molar-refractivity contribution is 7.09. The molecule has 8 heteroatoms. The topological polar surface area (TPSA) is 81.4 Å². The lowest BCUT2D eigenvalue weighted by molar-refractivity contribution is -0.136. The van der Waals surface area contributed by atoms with Crippen LogP contribution in [0.4, 0.5) is 0 Å². The summed E-state index contributed by atoms with van der Waals surface area (Å²) < 4.78 is 10.5. The third-order valence-corrected chi connectivity index (χ3v) is 4.10. The minimum Gasteiger partial charge on any atom is -0.362 e. The number of rotatable bonds is 7. The van der Waals surface area contributed by atoms with Crippen LogP contribution in [-0.4, -0.2) is 39.6 Å². The fourth-order valence-corrected chi connectivity index (χ4v) is 2.74. The minimum atomic E-state index is -0.101. The Morgan fingerprint density at radius 1 is 1.38 bits per heavy atom. The van der Waals surface area contributed by atoms with Crippen molar-refractivity contribution in [2.45, 2.75) is 13.2 Å². The predicted molar refractivity (Wildman–Crippen MR) is 88.0 cm³/mol. The Morgan fingerprint density at radius 2 is 2.29 bits per heavy atom. The molecule has 0 radical (unpaired) electrons. The maximum atomic E-state index is 12.0. The molecule has 0 fully saturated rings. The minimum absolute atomic E-state index is 0.0352. The Balaban J connectivity index is 1.46. The summed E-state index contributed by atoms with van der Waals surface area (Å²) in [5, 5.41) is 5.85. The maximum absolute atomic E-state index is 12.0. The van der Waals surface area contributed by atoms with Crippen LogP contribution in [0.2, 0.25) is 0 Å². The van der Waals surface area contributed by atoms with Crippen molar-refractivity contribution in [3.8, 4) is 11.4 Å². The highest BCUT2D eigenvalue weighted by Gasteiger charge is 2.12. The van der Waals surface area contributed by atoms with Crippen molar-refractivity contribution in [3.05, 3.63) is 52.8 Å². The molecule has 0 aromatic carbocycles. The second kappa shape index (κ2) is 7.80. The number of pyridine rings is 1. The van der Waals surface area contributed by atoms with Gasteiger partial charge in [-0.05, 0) is 23.6 Å². The molecule has 124 valence electrons. The lowest BCUT2D eigenvalue weighted by Crippen LogP contribution is -2.29. The Hall–Kier alpha value is -2.58. The Morgan fingerprint density at radius 3 is 3.04 bits per heavy atom. The summed E-state index contributed by atoms with van der Waals surface area (Å²) in [4.78, 5) is 23.0. The molecular weight excluding hydrogens is 328 g/mol. The van der Waals surface area contributed by atoms with Crippen LogP contribution < -0.4 is 0 Å². The van der Waals surface area contributed by atoms with Crippen LogP contribution in [0.1, 0.15) is 10.8 Å². The fraction of sp³-hybridized carbons (Fsp3) is 0.250. The number of amides is 1. The molecule has 0 aliphatic rings. The van der Waals surface area contributed by atoms with E-state index in [0.29, 0.717) is 18.3 Å². The molecular formula is C16H16N4O3S. The molecule has 3 rings (SSSR count). The molecule has 0 unspecified atom stereocenters. The van der Waals surface area contributed by atoms with Crippen molar-refractivity contribution < 1.29 is 14.1 Å². The number of nitrogens with zero attached hydrogens (tertiary/aromatic N) is 4. The molecule has 0 saturated heterocycles. The summed E-state index contributed by atoms with van der Waals surface area (Å²) in [5.41, 5.74) is 0.763. The third kappa shape index (κ3) is 4.24. The number of likely N-dealkylation sites (N-methyl/N-ethyl adjacent to an activating group) is 1. The highest BCUT2D eigenvalue weighted by atomic mass is 32.1. The van der Waals surface area contributed by atoms with E-state index in [1.54, 1.807) is 41.7 Å². The van der Waals surface area contributed by atoms with Crippen LogP contribution >= 0.6 is 11.3 Å². The van der Waals surface area contributed by atoms with Gasteiger partial charge in [-0.2, -0.15) is 4.98 Å². The van der Waals surface area contributed by atoms with Gasteiger partial charge in [-0.25, -0.2) is 0 Å². The van der Waals surface area contributed by atoms with E-state index in [4.69, 9.17) is 9.26 Å².